The fourth-order valence-corrected chi connectivity index (χ4v) is 3.27. The van der Waals surface area contributed by atoms with Crippen LogP contribution in [0.4, 0.5) is 9.59 Å². The highest BCUT2D eigenvalue weighted by molar-refractivity contribution is 5.77. The lowest BCUT2D eigenvalue weighted by molar-refractivity contribution is -0.154. The molecule has 39 heavy (non-hydrogen) atoms. The molecular formula is C28H50O11. The molecule has 0 saturated carbocycles. The number of hydrogen-bond acceptors (Lipinski definition) is 11. The molecule has 0 bridgehead atoms. The molecule has 2 atom stereocenters. The first-order valence-corrected chi connectivity index (χ1v) is 14.4. The quantitative estimate of drug-likeness (QED) is 0.0791. The molecule has 0 fully saturated rings. The third-order valence-electron chi connectivity index (χ3n) is 5.59. The van der Waals surface area contributed by atoms with Crippen LogP contribution in [0.2, 0.25) is 0 Å². The molecule has 0 aliphatic heterocycles. The second-order valence-corrected chi connectivity index (χ2v) is 9.20. The van der Waals surface area contributed by atoms with Gasteiger partial charge in [-0.1, -0.05) is 78.1 Å². The van der Waals surface area contributed by atoms with Crippen molar-refractivity contribution in [2.45, 2.75) is 117 Å². The predicted octanol–water partition coefficient (Wildman–Crippen LogP) is 5.89. The van der Waals surface area contributed by atoms with Crippen molar-refractivity contribution in [2.75, 3.05) is 39.6 Å². The van der Waals surface area contributed by atoms with Gasteiger partial charge in [-0.05, 0) is 26.7 Å². The van der Waals surface area contributed by atoms with Gasteiger partial charge in [0.1, 0.15) is 13.2 Å². The minimum atomic E-state index is -1.08. The van der Waals surface area contributed by atoms with E-state index in [0.29, 0.717) is 13.2 Å². The Morgan fingerprint density at radius 2 is 0.821 bits per heavy atom. The number of hydrogen-bond donors (Lipinski definition) is 0. The number of unbranched alkanes of at least 4 members (excludes halogenated alkanes) is 10. The maximum Gasteiger partial charge on any atom is 0.509 e. The van der Waals surface area contributed by atoms with Crippen LogP contribution in [-0.4, -0.2) is 76.1 Å². The van der Waals surface area contributed by atoms with Gasteiger partial charge < -0.3 is 33.2 Å². The monoisotopic (exact) mass is 562 g/mol. The van der Waals surface area contributed by atoms with Crippen molar-refractivity contribution in [3.05, 3.63) is 0 Å². The summed E-state index contributed by atoms with van der Waals surface area (Å²) < 4.78 is 34.8. The van der Waals surface area contributed by atoms with E-state index in [1.807, 2.05) is 0 Å². The smallest absolute Gasteiger partial charge is 0.463 e. The first-order valence-electron chi connectivity index (χ1n) is 14.4. The van der Waals surface area contributed by atoms with E-state index >= 15 is 0 Å². The van der Waals surface area contributed by atoms with Crippen LogP contribution >= 0.6 is 0 Å². The minimum absolute atomic E-state index is 0.0194. The molecule has 0 unspecified atom stereocenters. The lowest BCUT2D eigenvalue weighted by atomic mass is 10.1. The van der Waals surface area contributed by atoms with Crippen LogP contribution < -0.4 is 0 Å². The Labute approximate surface area is 233 Å². The summed E-state index contributed by atoms with van der Waals surface area (Å²) in [6.45, 7) is 7.51. The van der Waals surface area contributed by atoms with Gasteiger partial charge in [-0.2, -0.15) is 0 Å². The largest absolute Gasteiger partial charge is 0.509 e. The molecule has 0 aromatic heterocycles. The summed E-state index contributed by atoms with van der Waals surface area (Å²) in [4.78, 5) is 47.1. The fraction of sp³-hybridized carbons (Fsp3) is 0.857. The highest BCUT2D eigenvalue weighted by atomic mass is 16.7. The molecule has 0 aromatic carbocycles. The van der Waals surface area contributed by atoms with Crippen molar-refractivity contribution in [1.29, 1.82) is 0 Å². The zero-order valence-electron chi connectivity index (χ0n) is 24.4. The first-order chi connectivity index (χ1) is 18.8. The molecule has 0 rings (SSSR count). The highest BCUT2D eigenvalue weighted by Gasteiger charge is 2.21. The summed E-state index contributed by atoms with van der Waals surface area (Å²) in [5, 5.41) is 0. The van der Waals surface area contributed by atoms with E-state index in [-0.39, 0.29) is 26.4 Å². The molecular weight excluding hydrogens is 512 g/mol. The maximum absolute atomic E-state index is 11.9. The first kappa shape index (κ1) is 36.4. The highest BCUT2D eigenvalue weighted by Crippen LogP contribution is 2.07. The summed E-state index contributed by atoms with van der Waals surface area (Å²) >= 11 is 0. The van der Waals surface area contributed by atoms with Crippen molar-refractivity contribution >= 4 is 24.2 Å². The Bertz CT molecular complexity index is 599. The number of rotatable bonds is 24. The zero-order chi connectivity index (χ0) is 29.1. The van der Waals surface area contributed by atoms with Crippen LogP contribution in [0.25, 0.3) is 0 Å². The Morgan fingerprint density at radius 3 is 1.21 bits per heavy atom. The number of carbonyl (C=O) groups excluding carboxylic acids is 4. The summed E-state index contributed by atoms with van der Waals surface area (Å²) in [6.07, 6.45) is 8.69. The molecule has 0 saturated heterocycles. The predicted molar refractivity (Wildman–Crippen MR) is 143 cm³/mol. The van der Waals surface area contributed by atoms with Gasteiger partial charge in [0.25, 0.3) is 0 Å². The van der Waals surface area contributed by atoms with Crippen LogP contribution in [-0.2, 0) is 42.7 Å². The Morgan fingerprint density at radius 1 is 0.462 bits per heavy atom. The molecule has 11 heteroatoms. The minimum Gasteiger partial charge on any atom is -0.463 e. The molecule has 11 nitrogen and oxygen atoms in total. The second kappa shape index (κ2) is 25.7. The lowest BCUT2D eigenvalue weighted by Crippen LogP contribution is -2.28. The number of ether oxygens (including phenoxy) is 7. The SMILES string of the molecule is CCCCCCCCOC(=O)[C@H](C)OC(=O)OCCOCCOC(=O)O[C@@H](C)C(=O)OCCCCCCCC. The summed E-state index contributed by atoms with van der Waals surface area (Å²) in [5.41, 5.74) is 0. The van der Waals surface area contributed by atoms with E-state index in [4.69, 9.17) is 33.2 Å². The van der Waals surface area contributed by atoms with E-state index < -0.39 is 36.5 Å². The summed E-state index contributed by atoms with van der Waals surface area (Å²) in [6, 6.07) is 0. The summed E-state index contributed by atoms with van der Waals surface area (Å²) in [5.74, 6) is -1.25. The van der Waals surface area contributed by atoms with Crippen LogP contribution in [0.1, 0.15) is 105 Å². The van der Waals surface area contributed by atoms with Crippen molar-refractivity contribution < 1.29 is 52.3 Å². The molecule has 0 spiro atoms. The fourth-order valence-electron chi connectivity index (χ4n) is 3.27. The maximum atomic E-state index is 11.9. The molecule has 0 N–H and O–H groups in total. The molecule has 0 aliphatic carbocycles. The summed E-state index contributed by atoms with van der Waals surface area (Å²) in [7, 11) is 0. The van der Waals surface area contributed by atoms with Crippen LogP contribution in [0.15, 0.2) is 0 Å². The number of carbonyl (C=O) groups is 4. The third kappa shape index (κ3) is 23.1. The Hall–Kier alpha value is -2.56. The Kier molecular flexibility index (Phi) is 24.0. The molecule has 0 aromatic rings. The van der Waals surface area contributed by atoms with Gasteiger partial charge in [-0.15, -0.1) is 0 Å². The van der Waals surface area contributed by atoms with Crippen molar-refractivity contribution in [3.63, 3.8) is 0 Å². The van der Waals surface area contributed by atoms with Gasteiger partial charge in [-0.25, -0.2) is 19.2 Å². The molecule has 0 radical (unpaired) electrons. The van der Waals surface area contributed by atoms with Crippen LogP contribution in [0.5, 0.6) is 0 Å². The van der Waals surface area contributed by atoms with E-state index in [0.717, 1.165) is 38.5 Å². The van der Waals surface area contributed by atoms with E-state index in [1.54, 1.807) is 0 Å². The van der Waals surface area contributed by atoms with E-state index in [9.17, 15) is 19.2 Å². The third-order valence-corrected chi connectivity index (χ3v) is 5.59. The van der Waals surface area contributed by atoms with Crippen LogP contribution in [0.3, 0.4) is 0 Å². The van der Waals surface area contributed by atoms with Gasteiger partial charge in [0.05, 0.1) is 26.4 Å². The average Bonchev–Trinajstić information content (AvgIpc) is 2.91. The van der Waals surface area contributed by atoms with Gasteiger partial charge in [0.2, 0.25) is 0 Å². The molecule has 0 amide bonds. The Balaban J connectivity index is 3.71. The molecule has 228 valence electrons. The van der Waals surface area contributed by atoms with Gasteiger partial charge >= 0.3 is 24.2 Å². The van der Waals surface area contributed by atoms with Crippen molar-refractivity contribution in [2.24, 2.45) is 0 Å². The van der Waals surface area contributed by atoms with Crippen molar-refractivity contribution in [3.8, 4) is 0 Å². The van der Waals surface area contributed by atoms with Crippen LogP contribution in [0, 0.1) is 0 Å². The second-order valence-electron chi connectivity index (χ2n) is 9.20. The van der Waals surface area contributed by atoms with Gasteiger partial charge in [0, 0.05) is 0 Å². The van der Waals surface area contributed by atoms with Gasteiger partial charge in [-0.3, -0.25) is 0 Å². The lowest BCUT2D eigenvalue weighted by Gasteiger charge is -2.13. The average molecular weight is 563 g/mol. The number of esters is 2. The van der Waals surface area contributed by atoms with E-state index in [2.05, 4.69) is 13.8 Å². The zero-order valence-corrected chi connectivity index (χ0v) is 24.4. The molecule has 0 aliphatic rings. The van der Waals surface area contributed by atoms with Crippen molar-refractivity contribution in [1.82, 2.24) is 0 Å². The van der Waals surface area contributed by atoms with E-state index in [1.165, 1.54) is 52.4 Å². The topological polar surface area (TPSA) is 133 Å². The standard InChI is InChI=1S/C28H50O11/c1-5-7-9-11-13-15-17-34-25(29)23(3)38-27(31)36-21-19-33-20-22-37-28(32)39-24(4)26(30)35-18-16-14-12-10-8-6-2/h23-24H,5-22H2,1-4H3/t23-,24-/m0/s1. The molecule has 0 heterocycles. The normalized spacial score (nSPS) is 12.2. The van der Waals surface area contributed by atoms with Gasteiger partial charge in [0.15, 0.2) is 12.2 Å².